The Bertz CT molecular complexity index is 436. The molecule has 2 rings (SSSR count). The van der Waals surface area contributed by atoms with E-state index in [1.54, 1.807) is 0 Å². The van der Waals surface area contributed by atoms with Crippen molar-refractivity contribution in [2.75, 3.05) is 18.9 Å². The summed E-state index contributed by atoms with van der Waals surface area (Å²) in [5.41, 5.74) is 0. The lowest BCUT2D eigenvalue weighted by molar-refractivity contribution is 0.220. The molecule has 0 amide bonds. The molecule has 0 saturated carbocycles. The molecule has 0 saturated heterocycles. The molecular formula is C15H20BrNOS. The minimum absolute atomic E-state index is 0.325. The Labute approximate surface area is 128 Å². The van der Waals surface area contributed by atoms with Gasteiger partial charge in [-0.25, -0.2) is 0 Å². The molecular weight excluding hydrogens is 322 g/mol. The van der Waals surface area contributed by atoms with Crippen LogP contribution in [0, 0.1) is 0 Å². The van der Waals surface area contributed by atoms with Crippen LogP contribution in [0.3, 0.4) is 0 Å². The van der Waals surface area contributed by atoms with E-state index in [1.807, 2.05) is 11.8 Å². The first-order chi connectivity index (χ1) is 9.29. The predicted molar refractivity (Wildman–Crippen MR) is 85.6 cm³/mol. The molecule has 1 aromatic rings. The summed E-state index contributed by atoms with van der Waals surface area (Å²) in [6, 6.07) is 8.76. The average Bonchev–Trinajstić information content (AvgIpc) is 2.93. The van der Waals surface area contributed by atoms with Crippen LogP contribution in [0.4, 0.5) is 0 Å². The molecule has 1 heterocycles. The first kappa shape index (κ1) is 14.9. The summed E-state index contributed by atoms with van der Waals surface area (Å²) < 4.78 is 6.83. The second-order valence-electron chi connectivity index (χ2n) is 4.52. The van der Waals surface area contributed by atoms with E-state index >= 15 is 0 Å². The number of rotatable bonds is 7. The Morgan fingerprint density at radius 2 is 2.37 bits per heavy atom. The third-order valence-corrected chi connectivity index (χ3v) is 4.51. The maximum absolute atomic E-state index is 5.70. The fourth-order valence-electron chi connectivity index (χ4n) is 1.98. The van der Waals surface area contributed by atoms with Crippen molar-refractivity contribution in [3.8, 4) is 0 Å². The summed E-state index contributed by atoms with van der Waals surface area (Å²) in [5.74, 6) is 2.12. The standard InChI is InChI=1S/C15H20BrNOS/c1-2-8-17-14(15-7-4-9-18-15)11-19-13-6-3-5-12(16)10-13/h3,5-7,10,14,17H,2,4,8-9,11H2,1H3. The van der Waals surface area contributed by atoms with Crippen molar-refractivity contribution in [1.29, 1.82) is 0 Å². The maximum atomic E-state index is 5.70. The molecule has 0 bridgehead atoms. The van der Waals surface area contributed by atoms with Crippen molar-refractivity contribution in [3.63, 3.8) is 0 Å². The molecule has 1 N–H and O–H groups in total. The monoisotopic (exact) mass is 341 g/mol. The van der Waals surface area contributed by atoms with Crippen LogP contribution in [-0.4, -0.2) is 24.9 Å². The van der Waals surface area contributed by atoms with E-state index in [1.165, 1.54) is 4.90 Å². The first-order valence-corrected chi connectivity index (χ1v) is 8.52. The van der Waals surface area contributed by atoms with Gasteiger partial charge in [0, 0.05) is 21.5 Å². The van der Waals surface area contributed by atoms with Crippen LogP contribution in [0.25, 0.3) is 0 Å². The van der Waals surface area contributed by atoms with Gasteiger partial charge in [0.15, 0.2) is 0 Å². The number of benzene rings is 1. The summed E-state index contributed by atoms with van der Waals surface area (Å²) >= 11 is 5.38. The molecule has 1 aromatic carbocycles. The zero-order chi connectivity index (χ0) is 13.5. The number of nitrogens with one attached hydrogen (secondary N) is 1. The molecule has 1 atom stereocenters. The van der Waals surface area contributed by atoms with Gasteiger partial charge in [-0.2, -0.15) is 0 Å². The Morgan fingerprint density at radius 3 is 3.05 bits per heavy atom. The van der Waals surface area contributed by atoms with Crippen LogP contribution >= 0.6 is 27.7 Å². The van der Waals surface area contributed by atoms with Crippen LogP contribution < -0.4 is 5.32 Å². The summed E-state index contributed by atoms with van der Waals surface area (Å²) in [6.45, 7) is 4.06. The zero-order valence-electron chi connectivity index (χ0n) is 11.2. The number of ether oxygens (including phenoxy) is 1. The quantitative estimate of drug-likeness (QED) is 0.750. The van der Waals surface area contributed by atoms with Gasteiger partial charge in [-0.3, -0.25) is 0 Å². The van der Waals surface area contributed by atoms with Gasteiger partial charge in [0.05, 0.1) is 12.6 Å². The highest BCUT2D eigenvalue weighted by molar-refractivity contribution is 9.10. The molecule has 0 fully saturated rings. The van der Waals surface area contributed by atoms with Gasteiger partial charge in [-0.05, 0) is 37.2 Å². The van der Waals surface area contributed by atoms with Gasteiger partial charge in [-0.15, -0.1) is 11.8 Å². The topological polar surface area (TPSA) is 21.3 Å². The van der Waals surface area contributed by atoms with E-state index in [0.717, 1.165) is 42.0 Å². The molecule has 0 aromatic heterocycles. The van der Waals surface area contributed by atoms with E-state index < -0.39 is 0 Å². The van der Waals surface area contributed by atoms with Crippen molar-refractivity contribution < 1.29 is 4.74 Å². The number of hydrogen-bond donors (Lipinski definition) is 1. The van der Waals surface area contributed by atoms with Crippen molar-refractivity contribution >= 4 is 27.7 Å². The highest BCUT2D eigenvalue weighted by Gasteiger charge is 2.18. The molecule has 1 aliphatic heterocycles. The van der Waals surface area contributed by atoms with E-state index in [0.29, 0.717) is 6.04 Å². The van der Waals surface area contributed by atoms with Crippen molar-refractivity contribution in [3.05, 3.63) is 40.6 Å². The molecule has 19 heavy (non-hydrogen) atoms. The van der Waals surface area contributed by atoms with E-state index in [4.69, 9.17) is 4.74 Å². The highest BCUT2D eigenvalue weighted by atomic mass is 79.9. The average molecular weight is 342 g/mol. The van der Waals surface area contributed by atoms with Crippen LogP contribution in [-0.2, 0) is 4.74 Å². The third kappa shape index (κ3) is 4.86. The molecule has 2 nitrogen and oxygen atoms in total. The van der Waals surface area contributed by atoms with Crippen molar-refractivity contribution in [2.45, 2.75) is 30.7 Å². The van der Waals surface area contributed by atoms with Gasteiger partial charge >= 0.3 is 0 Å². The Kier molecular flexibility index (Phi) is 6.28. The van der Waals surface area contributed by atoms with Gasteiger partial charge < -0.3 is 10.1 Å². The summed E-state index contributed by atoms with van der Waals surface area (Å²) in [6.07, 6.45) is 4.40. The van der Waals surface area contributed by atoms with E-state index in [9.17, 15) is 0 Å². The molecule has 0 radical (unpaired) electrons. The Balaban J connectivity index is 1.92. The fourth-order valence-corrected chi connectivity index (χ4v) is 3.55. The second-order valence-corrected chi connectivity index (χ2v) is 6.53. The molecule has 4 heteroatoms. The van der Waals surface area contributed by atoms with Gasteiger partial charge in [-0.1, -0.05) is 28.9 Å². The summed E-state index contributed by atoms with van der Waals surface area (Å²) in [5, 5.41) is 3.57. The predicted octanol–water partition coefficient (Wildman–Crippen LogP) is 4.21. The number of hydrogen-bond acceptors (Lipinski definition) is 3. The lowest BCUT2D eigenvalue weighted by atomic mass is 10.2. The molecule has 1 unspecified atom stereocenters. The Morgan fingerprint density at radius 1 is 1.47 bits per heavy atom. The highest BCUT2D eigenvalue weighted by Crippen LogP contribution is 2.25. The summed E-state index contributed by atoms with van der Waals surface area (Å²) in [4.78, 5) is 1.29. The smallest absolute Gasteiger partial charge is 0.110 e. The first-order valence-electron chi connectivity index (χ1n) is 6.74. The van der Waals surface area contributed by atoms with E-state index in [-0.39, 0.29) is 0 Å². The lowest BCUT2D eigenvalue weighted by Gasteiger charge is -2.19. The van der Waals surface area contributed by atoms with Gasteiger partial charge in [0.1, 0.15) is 5.76 Å². The normalized spacial score (nSPS) is 16.0. The molecule has 1 aliphatic rings. The maximum Gasteiger partial charge on any atom is 0.110 e. The van der Waals surface area contributed by atoms with E-state index in [2.05, 4.69) is 58.5 Å². The molecule has 0 aliphatic carbocycles. The van der Waals surface area contributed by atoms with Gasteiger partial charge in [0.2, 0.25) is 0 Å². The number of thioether (sulfide) groups is 1. The van der Waals surface area contributed by atoms with Crippen LogP contribution in [0.1, 0.15) is 19.8 Å². The second kappa shape index (κ2) is 7.98. The lowest BCUT2D eigenvalue weighted by Crippen LogP contribution is -2.34. The molecule has 0 spiro atoms. The number of halogens is 1. The SMILES string of the molecule is CCCNC(CSc1cccc(Br)c1)C1=CCCO1. The largest absolute Gasteiger partial charge is 0.496 e. The zero-order valence-corrected chi connectivity index (χ0v) is 13.6. The molecule has 104 valence electrons. The van der Waals surface area contributed by atoms with Crippen LogP contribution in [0.15, 0.2) is 45.5 Å². The van der Waals surface area contributed by atoms with Crippen molar-refractivity contribution in [2.24, 2.45) is 0 Å². The Hall–Kier alpha value is -0.450. The van der Waals surface area contributed by atoms with Gasteiger partial charge in [0.25, 0.3) is 0 Å². The van der Waals surface area contributed by atoms with Crippen molar-refractivity contribution in [1.82, 2.24) is 5.32 Å². The minimum atomic E-state index is 0.325. The summed E-state index contributed by atoms with van der Waals surface area (Å²) in [7, 11) is 0. The fraction of sp³-hybridized carbons (Fsp3) is 0.467. The minimum Gasteiger partial charge on any atom is -0.496 e. The van der Waals surface area contributed by atoms with Crippen LogP contribution in [0.5, 0.6) is 0 Å². The third-order valence-electron chi connectivity index (χ3n) is 2.93. The van der Waals surface area contributed by atoms with Crippen LogP contribution in [0.2, 0.25) is 0 Å².